The fraction of sp³-hybridized carbons (Fsp3) is 0.400. The molecular weight excluding hydrogens is 436 g/mol. The Kier molecular flexibility index (Phi) is 8.01. The van der Waals surface area contributed by atoms with E-state index in [2.05, 4.69) is 26.4 Å². The second-order valence-electron chi connectivity index (χ2n) is 8.14. The predicted octanol–water partition coefficient (Wildman–Crippen LogP) is 3.24. The Morgan fingerprint density at radius 3 is 2.64 bits per heavy atom. The molecule has 2 aliphatic heterocycles. The van der Waals surface area contributed by atoms with Crippen molar-refractivity contribution in [3.63, 3.8) is 0 Å². The van der Waals surface area contributed by atoms with Crippen LogP contribution in [-0.4, -0.2) is 72.3 Å². The van der Waals surface area contributed by atoms with Gasteiger partial charge < -0.3 is 10.1 Å². The van der Waals surface area contributed by atoms with Crippen LogP contribution in [0.1, 0.15) is 34.0 Å². The zero-order chi connectivity index (χ0) is 23.0. The summed E-state index contributed by atoms with van der Waals surface area (Å²) in [6.45, 7) is 5.94. The van der Waals surface area contributed by atoms with Crippen molar-refractivity contribution in [3.8, 4) is 0 Å². The van der Waals surface area contributed by atoms with E-state index in [0.29, 0.717) is 18.7 Å². The monoisotopic (exact) mass is 466 g/mol. The van der Waals surface area contributed by atoms with Crippen molar-refractivity contribution in [3.05, 3.63) is 64.7 Å². The molecule has 1 N–H and O–H groups in total. The van der Waals surface area contributed by atoms with Gasteiger partial charge in [-0.15, -0.1) is 0 Å². The van der Waals surface area contributed by atoms with Crippen molar-refractivity contribution in [2.75, 3.05) is 49.6 Å². The maximum atomic E-state index is 12.8. The van der Waals surface area contributed by atoms with Crippen molar-refractivity contribution < 1.29 is 14.3 Å². The minimum Gasteiger partial charge on any atom is -0.465 e. The van der Waals surface area contributed by atoms with Crippen LogP contribution in [0.3, 0.4) is 0 Å². The molecule has 2 heterocycles. The number of anilines is 1. The predicted molar refractivity (Wildman–Crippen MR) is 133 cm³/mol. The van der Waals surface area contributed by atoms with E-state index < -0.39 is 0 Å². The van der Waals surface area contributed by atoms with Gasteiger partial charge in [0.2, 0.25) is 0 Å². The molecule has 0 aromatic heterocycles. The van der Waals surface area contributed by atoms with Crippen molar-refractivity contribution in [2.45, 2.75) is 19.9 Å². The molecule has 7 nitrogen and oxygen atoms in total. The molecule has 0 atom stereocenters. The average Bonchev–Trinajstić information content (AvgIpc) is 2.83. The molecule has 8 heteroatoms. The van der Waals surface area contributed by atoms with Crippen LogP contribution < -0.4 is 5.32 Å². The van der Waals surface area contributed by atoms with E-state index in [1.54, 1.807) is 0 Å². The summed E-state index contributed by atoms with van der Waals surface area (Å²) in [6, 6.07) is 13.5. The second-order valence-corrected chi connectivity index (χ2v) is 9.36. The largest absolute Gasteiger partial charge is 0.465 e. The van der Waals surface area contributed by atoms with Gasteiger partial charge in [-0.05, 0) is 54.3 Å². The second kappa shape index (κ2) is 11.3. The zero-order valence-corrected chi connectivity index (χ0v) is 19.8. The summed E-state index contributed by atoms with van der Waals surface area (Å²) in [5.74, 6) is 1.88. The smallest absolute Gasteiger partial charge is 0.320 e. The minimum atomic E-state index is -0.200. The minimum absolute atomic E-state index is 0.148. The van der Waals surface area contributed by atoms with Gasteiger partial charge in [0.05, 0.1) is 19.4 Å². The van der Waals surface area contributed by atoms with Gasteiger partial charge in [-0.1, -0.05) is 18.2 Å². The van der Waals surface area contributed by atoms with Crippen molar-refractivity contribution >= 4 is 35.5 Å². The van der Waals surface area contributed by atoms with Crippen LogP contribution in [0.4, 0.5) is 5.69 Å². The molecule has 0 unspecified atom stereocenters. The standard InChI is InChI=1S/C25H30N4O3S/c1-2-32-24(30)18-28-10-9-20-7-8-23(15-22(20)17-28)27-25(31)21-5-3-19(4-6-21)16-26-29-11-13-33-14-12-29/h3-8,15-16H,2,9-14,17-18H2,1H3,(H,27,31). The van der Waals surface area contributed by atoms with Crippen LogP contribution in [0.2, 0.25) is 0 Å². The Balaban J connectivity index is 1.35. The first kappa shape index (κ1) is 23.3. The first-order valence-electron chi connectivity index (χ1n) is 11.4. The molecule has 2 aliphatic rings. The highest BCUT2D eigenvalue weighted by Crippen LogP contribution is 2.23. The van der Waals surface area contributed by atoms with Crippen molar-refractivity contribution in [1.82, 2.24) is 9.91 Å². The Hall–Kier alpha value is -2.84. The number of hydrogen-bond donors (Lipinski definition) is 1. The molecule has 2 aromatic carbocycles. The molecule has 1 fully saturated rings. The van der Waals surface area contributed by atoms with Gasteiger partial charge in [-0.2, -0.15) is 16.9 Å². The number of esters is 1. The molecule has 0 saturated carbocycles. The number of hydrogen-bond acceptors (Lipinski definition) is 7. The van der Waals surface area contributed by atoms with Crippen LogP contribution in [0.15, 0.2) is 47.6 Å². The normalized spacial score (nSPS) is 16.5. The van der Waals surface area contributed by atoms with Crippen molar-refractivity contribution in [2.24, 2.45) is 5.10 Å². The third-order valence-corrected chi connectivity index (χ3v) is 6.69. The lowest BCUT2D eigenvalue weighted by atomic mass is 9.99. The number of nitrogens with zero attached hydrogens (tertiary/aromatic N) is 3. The quantitative estimate of drug-likeness (QED) is 0.499. The lowest BCUT2D eigenvalue weighted by Crippen LogP contribution is -2.35. The lowest BCUT2D eigenvalue weighted by Gasteiger charge is -2.28. The van der Waals surface area contributed by atoms with Crippen LogP contribution in [0.5, 0.6) is 0 Å². The molecule has 1 amide bonds. The summed E-state index contributed by atoms with van der Waals surface area (Å²) >= 11 is 1.96. The number of ether oxygens (including phenoxy) is 1. The Morgan fingerprint density at radius 2 is 1.88 bits per heavy atom. The highest BCUT2D eigenvalue weighted by atomic mass is 32.2. The third-order valence-electron chi connectivity index (χ3n) is 5.74. The first-order valence-corrected chi connectivity index (χ1v) is 12.5. The summed E-state index contributed by atoms with van der Waals surface area (Å²) < 4.78 is 5.06. The van der Waals surface area contributed by atoms with Crippen LogP contribution >= 0.6 is 11.8 Å². The van der Waals surface area contributed by atoms with Crippen LogP contribution in [0, 0.1) is 0 Å². The van der Waals surface area contributed by atoms with Gasteiger partial charge in [0.1, 0.15) is 0 Å². The number of carbonyl (C=O) groups is 2. The van der Waals surface area contributed by atoms with Gasteiger partial charge in [0, 0.05) is 48.9 Å². The number of thioether (sulfide) groups is 1. The summed E-state index contributed by atoms with van der Waals surface area (Å²) in [4.78, 5) is 26.6. The van der Waals surface area contributed by atoms with Gasteiger partial charge in [-0.3, -0.25) is 19.5 Å². The molecular formula is C25H30N4O3S. The number of nitrogens with one attached hydrogen (secondary N) is 1. The highest BCUT2D eigenvalue weighted by molar-refractivity contribution is 7.99. The van der Waals surface area contributed by atoms with E-state index in [1.165, 1.54) is 5.56 Å². The lowest BCUT2D eigenvalue weighted by molar-refractivity contribution is -0.144. The number of hydrazone groups is 1. The zero-order valence-electron chi connectivity index (χ0n) is 19.0. The fourth-order valence-corrected chi connectivity index (χ4v) is 4.84. The number of carbonyl (C=O) groups excluding carboxylic acids is 2. The van der Waals surface area contributed by atoms with Crippen LogP contribution in [0.25, 0.3) is 0 Å². The van der Waals surface area contributed by atoms with Gasteiger partial charge >= 0.3 is 5.97 Å². The van der Waals surface area contributed by atoms with Gasteiger partial charge in [0.25, 0.3) is 5.91 Å². The molecule has 0 spiro atoms. The van der Waals surface area contributed by atoms with E-state index in [1.807, 2.05) is 61.3 Å². The molecule has 0 aliphatic carbocycles. The summed E-state index contributed by atoms with van der Waals surface area (Å²) in [5, 5.41) is 9.61. The molecule has 1 saturated heterocycles. The molecule has 174 valence electrons. The average molecular weight is 467 g/mol. The number of amides is 1. The van der Waals surface area contributed by atoms with Gasteiger partial charge in [0.15, 0.2) is 0 Å². The maximum Gasteiger partial charge on any atom is 0.320 e. The molecule has 33 heavy (non-hydrogen) atoms. The third kappa shape index (κ3) is 6.58. The number of fused-ring (bicyclic) bond motifs is 1. The molecule has 0 radical (unpaired) electrons. The van der Waals surface area contributed by atoms with E-state index >= 15 is 0 Å². The summed E-state index contributed by atoms with van der Waals surface area (Å²) in [5.41, 5.74) is 4.71. The number of rotatable bonds is 7. The summed E-state index contributed by atoms with van der Waals surface area (Å²) in [6.07, 6.45) is 2.73. The maximum absolute atomic E-state index is 12.8. The van der Waals surface area contributed by atoms with Gasteiger partial charge in [-0.25, -0.2) is 0 Å². The molecule has 0 bridgehead atoms. The van der Waals surface area contributed by atoms with E-state index in [0.717, 1.165) is 54.4 Å². The number of benzene rings is 2. The van der Waals surface area contributed by atoms with E-state index in [-0.39, 0.29) is 18.4 Å². The fourth-order valence-electron chi connectivity index (χ4n) is 3.96. The van der Waals surface area contributed by atoms with Crippen molar-refractivity contribution in [1.29, 1.82) is 0 Å². The SMILES string of the molecule is CCOC(=O)CN1CCc2ccc(NC(=O)c3ccc(C=NN4CCSCC4)cc3)cc2C1. The Morgan fingerprint density at radius 1 is 1.09 bits per heavy atom. The van der Waals surface area contributed by atoms with E-state index in [4.69, 9.17) is 4.74 Å². The Bertz CT molecular complexity index is 1000. The highest BCUT2D eigenvalue weighted by Gasteiger charge is 2.19. The van der Waals surface area contributed by atoms with Crippen LogP contribution in [-0.2, 0) is 22.5 Å². The summed E-state index contributed by atoms with van der Waals surface area (Å²) in [7, 11) is 0. The van der Waals surface area contributed by atoms with E-state index in [9.17, 15) is 9.59 Å². The molecule has 4 rings (SSSR count). The molecule has 2 aromatic rings. The topological polar surface area (TPSA) is 74.2 Å². The Labute approximate surface area is 199 Å². The first-order chi connectivity index (χ1) is 16.1.